The molecule has 1 N–H and O–H groups in total. The second-order valence-corrected chi connectivity index (χ2v) is 19.1. The molecule has 0 saturated heterocycles. The molecule has 4 unspecified atom stereocenters. The predicted octanol–water partition coefficient (Wildman–Crippen LogP) is 15.5. The van der Waals surface area contributed by atoms with Crippen molar-refractivity contribution in [2.45, 2.75) is 151 Å². The average Bonchev–Trinajstić information content (AvgIpc) is 3.56. The lowest BCUT2D eigenvalue weighted by atomic mass is 9.63. The summed E-state index contributed by atoms with van der Waals surface area (Å²) in [6, 6.07) is 5.07. The fourth-order valence-electron chi connectivity index (χ4n) is 8.31. The molecular formula is C54H80BN2S. The molecule has 2 nitrogen and oxygen atoms in total. The molecule has 1 heterocycles. The third-order valence-corrected chi connectivity index (χ3v) is 13.8. The molecule has 3 rings (SSSR count). The Balaban J connectivity index is 2.15. The first-order valence-corrected chi connectivity index (χ1v) is 23.5. The number of benzene rings is 1. The van der Waals surface area contributed by atoms with Crippen molar-refractivity contribution in [3.05, 3.63) is 133 Å². The lowest BCUT2D eigenvalue weighted by Crippen LogP contribution is -2.33. The van der Waals surface area contributed by atoms with Crippen LogP contribution in [0.1, 0.15) is 151 Å². The molecule has 1 aromatic heterocycles. The van der Waals surface area contributed by atoms with E-state index in [0.29, 0.717) is 23.7 Å². The third kappa shape index (κ3) is 13.8. The highest BCUT2D eigenvalue weighted by atomic mass is 32.1. The van der Waals surface area contributed by atoms with E-state index >= 15 is 0 Å². The first-order valence-electron chi connectivity index (χ1n) is 22.7. The van der Waals surface area contributed by atoms with Crippen molar-refractivity contribution in [1.29, 1.82) is 0 Å². The Labute approximate surface area is 362 Å². The molecule has 58 heavy (non-hydrogen) atoms. The average molecular weight is 800 g/mol. The van der Waals surface area contributed by atoms with Crippen LogP contribution in [-0.2, 0) is 10.8 Å². The third-order valence-electron chi connectivity index (χ3n) is 12.7. The standard InChI is InChI=1S/C54H80BN2S/c1-14-21-27-41(8)44(19-6)30-23-35-55-52-51(47-39-48-49(40-50(47)58-52)54(12,13)34-33-53(48,10)11)57(38-25-29-43(17-4)18-5)46(26-16-3)32-37-56-36-24-31-45(20-7)42(9)28-22-15-2/h16-17,19-20,23-26,31-32,35,37-44,56H,3-4,6,14-15,18,21-22,27-30,33-34,36H2,1-2,5,7-13H3/b31-24-,35-23+,37-32+,38-25+,45-20+,46-26+. The number of fused-ring (bicyclic) bond motifs is 2. The number of thiophene rings is 1. The smallest absolute Gasteiger partial charge is 0.197 e. The van der Waals surface area contributed by atoms with Gasteiger partial charge in [0, 0.05) is 28.5 Å². The molecule has 0 saturated carbocycles. The van der Waals surface area contributed by atoms with Crippen molar-refractivity contribution < 1.29 is 0 Å². The molecule has 2 aromatic rings. The van der Waals surface area contributed by atoms with Crippen molar-refractivity contribution in [2.24, 2.45) is 23.7 Å². The fraction of sp³-hybridized carbons (Fsp3) is 0.519. The Morgan fingerprint density at radius 1 is 0.897 bits per heavy atom. The van der Waals surface area contributed by atoms with Gasteiger partial charge in [-0.05, 0) is 132 Å². The van der Waals surface area contributed by atoms with Crippen molar-refractivity contribution in [1.82, 2.24) is 5.32 Å². The zero-order valence-electron chi connectivity index (χ0n) is 38.5. The van der Waals surface area contributed by atoms with E-state index in [2.05, 4.69) is 192 Å². The summed E-state index contributed by atoms with van der Waals surface area (Å²) >= 11 is 1.91. The van der Waals surface area contributed by atoms with E-state index in [1.165, 1.54) is 88.6 Å². The van der Waals surface area contributed by atoms with Gasteiger partial charge in [-0.1, -0.05) is 150 Å². The first-order chi connectivity index (χ1) is 27.8. The van der Waals surface area contributed by atoms with Crippen LogP contribution in [0.25, 0.3) is 10.1 Å². The number of unbranched alkanes of at least 4 members (excludes halogenated alkanes) is 2. The Morgan fingerprint density at radius 3 is 2.21 bits per heavy atom. The minimum absolute atomic E-state index is 0.104. The number of allylic oxidation sites excluding steroid dienone is 10. The van der Waals surface area contributed by atoms with Crippen LogP contribution in [0, 0.1) is 23.7 Å². The predicted molar refractivity (Wildman–Crippen MR) is 266 cm³/mol. The van der Waals surface area contributed by atoms with Crippen molar-refractivity contribution >= 4 is 39.2 Å². The molecule has 0 bridgehead atoms. The van der Waals surface area contributed by atoms with Gasteiger partial charge >= 0.3 is 0 Å². The topological polar surface area (TPSA) is 15.3 Å². The minimum atomic E-state index is 0.104. The first kappa shape index (κ1) is 48.9. The molecule has 4 atom stereocenters. The SMILES string of the molecule is C=C/C=C(\C=C\NC/C=C\C(=C/C)C(C)CCCC)N(/C=C/CC(C=C)CC)c1c([B]/C=C/CC(C=C)C(C)CCCC)sc2cc3c(cc12)C(C)(C)CCC3(C)C. The lowest BCUT2D eigenvalue weighted by Gasteiger charge is -2.42. The molecule has 1 aliphatic carbocycles. The second kappa shape index (κ2) is 24.6. The molecule has 1 aromatic carbocycles. The van der Waals surface area contributed by atoms with E-state index in [9.17, 15) is 0 Å². The lowest BCUT2D eigenvalue weighted by molar-refractivity contribution is 0.332. The van der Waals surface area contributed by atoms with Crippen molar-refractivity contribution in [3.8, 4) is 0 Å². The van der Waals surface area contributed by atoms with Gasteiger partial charge in [-0.3, -0.25) is 0 Å². The summed E-state index contributed by atoms with van der Waals surface area (Å²) < 4.78 is 2.60. The summed E-state index contributed by atoms with van der Waals surface area (Å²) in [6.45, 7) is 36.7. The number of anilines is 1. The Morgan fingerprint density at radius 2 is 1.59 bits per heavy atom. The minimum Gasteiger partial charge on any atom is -0.387 e. The van der Waals surface area contributed by atoms with Crippen LogP contribution < -0.4 is 15.0 Å². The largest absolute Gasteiger partial charge is 0.387 e. The van der Waals surface area contributed by atoms with Gasteiger partial charge in [0.15, 0.2) is 7.28 Å². The molecule has 0 aliphatic heterocycles. The van der Waals surface area contributed by atoms with Crippen LogP contribution >= 0.6 is 11.3 Å². The quantitative estimate of drug-likeness (QED) is 0.0441. The van der Waals surface area contributed by atoms with Gasteiger partial charge in [0.05, 0.1) is 5.69 Å². The second-order valence-electron chi connectivity index (χ2n) is 18.0. The van der Waals surface area contributed by atoms with Crippen LogP contribution in [0.3, 0.4) is 0 Å². The maximum Gasteiger partial charge on any atom is 0.197 e. The highest BCUT2D eigenvalue weighted by Crippen LogP contribution is 2.49. The molecule has 0 fully saturated rings. The molecule has 4 heteroatoms. The molecule has 1 aliphatic rings. The highest BCUT2D eigenvalue weighted by Gasteiger charge is 2.38. The maximum absolute atomic E-state index is 4.22. The summed E-state index contributed by atoms with van der Waals surface area (Å²) in [5.41, 5.74) is 6.92. The summed E-state index contributed by atoms with van der Waals surface area (Å²) in [5.74, 6) is 4.41. The number of nitrogens with one attached hydrogen (secondary N) is 1. The van der Waals surface area contributed by atoms with Gasteiger partial charge in [0.2, 0.25) is 0 Å². The van der Waals surface area contributed by atoms with Gasteiger partial charge in [-0.2, -0.15) is 0 Å². The normalized spacial score (nSPS) is 17.8. The van der Waals surface area contributed by atoms with Gasteiger partial charge in [0.1, 0.15) is 0 Å². The Kier molecular flexibility index (Phi) is 20.7. The van der Waals surface area contributed by atoms with Crippen LogP contribution in [0.5, 0.6) is 0 Å². The number of nitrogens with zero attached hydrogens (tertiary/aromatic N) is 1. The van der Waals surface area contributed by atoms with Gasteiger partial charge in [0.25, 0.3) is 0 Å². The number of hydrogen-bond donors (Lipinski definition) is 1. The van der Waals surface area contributed by atoms with Crippen LogP contribution in [0.15, 0.2) is 122 Å². The molecule has 1 radical (unpaired) electrons. The molecule has 315 valence electrons. The molecule has 0 amide bonds. The molecule has 0 spiro atoms. The van der Waals surface area contributed by atoms with Gasteiger partial charge in [-0.15, -0.1) is 30.5 Å². The van der Waals surface area contributed by atoms with E-state index in [0.717, 1.165) is 31.5 Å². The van der Waals surface area contributed by atoms with Crippen LogP contribution in [-0.4, -0.2) is 13.8 Å². The Bertz CT molecular complexity index is 1790. The number of rotatable bonds is 26. The highest BCUT2D eigenvalue weighted by molar-refractivity contribution is 7.28. The van der Waals surface area contributed by atoms with Gasteiger partial charge in [-0.25, -0.2) is 0 Å². The molecular weight excluding hydrogens is 719 g/mol. The Hall–Kier alpha value is -3.50. The van der Waals surface area contributed by atoms with E-state index < -0.39 is 0 Å². The maximum atomic E-state index is 4.22. The number of hydrogen-bond acceptors (Lipinski definition) is 3. The van der Waals surface area contributed by atoms with E-state index in [1.54, 1.807) is 0 Å². The summed E-state index contributed by atoms with van der Waals surface area (Å²) in [5, 5.41) is 4.87. The zero-order valence-corrected chi connectivity index (χ0v) is 39.3. The fourth-order valence-corrected chi connectivity index (χ4v) is 9.44. The zero-order chi connectivity index (χ0) is 42.7. The summed E-state index contributed by atoms with van der Waals surface area (Å²) in [6.07, 6.45) is 39.3. The van der Waals surface area contributed by atoms with E-state index in [1.807, 2.05) is 17.4 Å². The van der Waals surface area contributed by atoms with Crippen LogP contribution in [0.2, 0.25) is 0 Å². The van der Waals surface area contributed by atoms with Crippen molar-refractivity contribution in [2.75, 3.05) is 11.4 Å². The summed E-state index contributed by atoms with van der Waals surface area (Å²) in [4.78, 5) is 2.41. The van der Waals surface area contributed by atoms with Crippen LogP contribution in [0.4, 0.5) is 5.69 Å². The van der Waals surface area contributed by atoms with E-state index in [4.69, 9.17) is 0 Å². The van der Waals surface area contributed by atoms with Crippen molar-refractivity contribution in [3.63, 3.8) is 0 Å². The van der Waals surface area contributed by atoms with E-state index in [-0.39, 0.29) is 10.8 Å². The summed E-state index contributed by atoms with van der Waals surface area (Å²) in [7, 11) is 2.35. The monoisotopic (exact) mass is 800 g/mol. The van der Waals surface area contributed by atoms with Gasteiger partial charge < -0.3 is 10.2 Å².